The zero-order valence-electron chi connectivity index (χ0n) is 8.76. The third kappa shape index (κ3) is 4.15. The summed E-state index contributed by atoms with van der Waals surface area (Å²) in [6.45, 7) is -1.47. The molecule has 0 spiro atoms. The lowest BCUT2D eigenvalue weighted by Gasteiger charge is -2.16. The topological polar surface area (TPSA) is 49.3 Å². The van der Waals surface area contributed by atoms with E-state index in [0.29, 0.717) is 0 Å². The molecule has 0 aliphatic carbocycles. The first-order valence-electron chi connectivity index (χ1n) is 4.68. The molecule has 0 aliphatic rings. The monoisotopic (exact) mass is 285 g/mol. The zero-order valence-corrected chi connectivity index (χ0v) is 9.52. The molecule has 1 rings (SSSR count). The maximum atomic E-state index is 12.9. The van der Waals surface area contributed by atoms with Crippen LogP contribution in [0.4, 0.5) is 17.6 Å². The predicted molar refractivity (Wildman–Crippen MR) is 55.8 cm³/mol. The first kappa shape index (κ1) is 14.7. The van der Waals surface area contributed by atoms with Gasteiger partial charge in [-0.2, -0.15) is 13.2 Å². The molecule has 0 heterocycles. The highest BCUT2D eigenvalue weighted by atomic mass is 35.5. The molecule has 100 valence electrons. The van der Waals surface area contributed by atoms with Crippen molar-refractivity contribution in [3.63, 3.8) is 0 Å². The van der Waals surface area contributed by atoms with Crippen molar-refractivity contribution in [2.24, 2.45) is 0 Å². The van der Waals surface area contributed by atoms with E-state index in [1.807, 2.05) is 5.32 Å². The summed E-state index contributed by atoms with van der Waals surface area (Å²) in [6.07, 6.45) is -4.54. The van der Waals surface area contributed by atoms with E-state index in [0.717, 1.165) is 18.2 Å². The highest BCUT2D eigenvalue weighted by Crippen LogP contribution is 2.22. The number of carboxylic acids is 1. The molecular formula is C10H8ClF4NO2. The summed E-state index contributed by atoms with van der Waals surface area (Å²) in [4.78, 5) is 10.8. The van der Waals surface area contributed by atoms with Gasteiger partial charge in [-0.3, -0.25) is 10.1 Å². The molecule has 0 fully saturated rings. The second-order valence-electron chi connectivity index (χ2n) is 3.44. The van der Waals surface area contributed by atoms with Gasteiger partial charge in [0.25, 0.3) is 0 Å². The van der Waals surface area contributed by atoms with Crippen LogP contribution in [0.15, 0.2) is 18.2 Å². The van der Waals surface area contributed by atoms with Crippen molar-refractivity contribution in [2.75, 3.05) is 6.54 Å². The van der Waals surface area contributed by atoms with Gasteiger partial charge in [0.2, 0.25) is 0 Å². The summed E-state index contributed by atoms with van der Waals surface area (Å²) in [6, 6.07) is 1.32. The standard InChI is InChI=1S/C10H8ClF4NO2/c11-6-3-5(1-2-7(6)12)8(9(17)18)16-4-10(13,14)15/h1-3,8,16H,4H2,(H,17,18). The van der Waals surface area contributed by atoms with Crippen LogP contribution in [0.5, 0.6) is 0 Å². The molecule has 1 unspecified atom stereocenters. The van der Waals surface area contributed by atoms with Gasteiger partial charge in [-0.1, -0.05) is 17.7 Å². The zero-order chi connectivity index (χ0) is 13.9. The van der Waals surface area contributed by atoms with Gasteiger partial charge in [-0.25, -0.2) is 4.39 Å². The largest absolute Gasteiger partial charge is 0.480 e. The summed E-state index contributed by atoms with van der Waals surface area (Å²) >= 11 is 5.43. The molecule has 0 aromatic heterocycles. The minimum absolute atomic E-state index is 0.0573. The maximum absolute atomic E-state index is 12.9. The fourth-order valence-electron chi connectivity index (χ4n) is 1.26. The number of carbonyl (C=O) groups is 1. The van der Waals surface area contributed by atoms with Crippen LogP contribution in [0.3, 0.4) is 0 Å². The van der Waals surface area contributed by atoms with E-state index in [-0.39, 0.29) is 10.6 Å². The van der Waals surface area contributed by atoms with Gasteiger partial charge >= 0.3 is 12.1 Å². The number of alkyl halides is 3. The number of halogens is 5. The summed E-state index contributed by atoms with van der Waals surface area (Å²) in [7, 11) is 0. The van der Waals surface area contributed by atoms with Crippen molar-refractivity contribution in [1.29, 1.82) is 0 Å². The Morgan fingerprint density at radius 3 is 2.50 bits per heavy atom. The lowest BCUT2D eigenvalue weighted by molar-refractivity contribution is -0.143. The number of rotatable bonds is 4. The normalized spacial score (nSPS) is 13.4. The van der Waals surface area contributed by atoms with Gasteiger partial charge < -0.3 is 5.11 Å². The van der Waals surface area contributed by atoms with E-state index >= 15 is 0 Å². The molecule has 0 aliphatic heterocycles. The van der Waals surface area contributed by atoms with Crippen LogP contribution in [0, 0.1) is 5.82 Å². The molecule has 0 saturated heterocycles. The Bertz CT molecular complexity index is 450. The van der Waals surface area contributed by atoms with Crippen LogP contribution < -0.4 is 5.32 Å². The first-order valence-corrected chi connectivity index (χ1v) is 5.06. The van der Waals surface area contributed by atoms with E-state index in [4.69, 9.17) is 16.7 Å². The Labute approximate surface area is 104 Å². The van der Waals surface area contributed by atoms with E-state index in [1.54, 1.807) is 0 Å². The molecule has 1 aromatic carbocycles. The molecule has 8 heteroatoms. The van der Waals surface area contributed by atoms with Crippen molar-refractivity contribution >= 4 is 17.6 Å². The van der Waals surface area contributed by atoms with Crippen molar-refractivity contribution in [2.45, 2.75) is 12.2 Å². The smallest absolute Gasteiger partial charge is 0.401 e. The van der Waals surface area contributed by atoms with E-state index in [2.05, 4.69) is 0 Å². The van der Waals surface area contributed by atoms with Crippen LogP contribution in [0.2, 0.25) is 5.02 Å². The fraction of sp³-hybridized carbons (Fsp3) is 0.300. The van der Waals surface area contributed by atoms with Crippen LogP contribution in [0.1, 0.15) is 11.6 Å². The summed E-state index contributed by atoms with van der Waals surface area (Å²) in [5.41, 5.74) is -0.0573. The van der Waals surface area contributed by atoms with Crippen LogP contribution in [-0.4, -0.2) is 23.8 Å². The average molecular weight is 286 g/mol. The number of hydrogen-bond acceptors (Lipinski definition) is 2. The van der Waals surface area contributed by atoms with Crippen molar-refractivity contribution in [3.8, 4) is 0 Å². The Morgan fingerprint density at radius 2 is 2.06 bits per heavy atom. The summed E-state index contributed by atoms with van der Waals surface area (Å²) in [5, 5.41) is 10.3. The molecule has 0 radical (unpaired) electrons. The first-order chi connectivity index (χ1) is 8.20. The van der Waals surface area contributed by atoms with Gasteiger partial charge in [-0.15, -0.1) is 0 Å². The Morgan fingerprint density at radius 1 is 1.44 bits per heavy atom. The van der Waals surface area contributed by atoms with Crippen molar-refractivity contribution < 1.29 is 27.5 Å². The molecule has 0 saturated carbocycles. The third-order valence-corrected chi connectivity index (χ3v) is 2.32. The van der Waals surface area contributed by atoms with Crippen LogP contribution >= 0.6 is 11.6 Å². The molecule has 1 atom stereocenters. The average Bonchev–Trinajstić information content (AvgIpc) is 2.21. The molecular weight excluding hydrogens is 278 g/mol. The number of nitrogens with one attached hydrogen (secondary N) is 1. The number of hydrogen-bond donors (Lipinski definition) is 2. The fourth-order valence-corrected chi connectivity index (χ4v) is 1.45. The third-order valence-electron chi connectivity index (χ3n) is 2.03. The quantitative estimate of drug-likeness (QED) is 0.836. The second kappa shape index (κ2) is 5.53. The Balaban J connectivity index is 2.91. The van der Waals surface area contributed by atoms with Crippen molar-refractivity contribution in [3.05, 3.63) is 34.6 Å². The van der Waals surface area contributed by atoms with Gasteiger partial charge in [0.05, 0.1) is 11.6 Å². The van der Waals surface area contributed by atoms with Crippen molar-refractivity contribution in [1.82, 2.24) is 5.32 Å². The second-order valence-corrected chi connectivity index (χ2v) is 3.85. The SMILES string of the molecule is O=C(O)C(NCC(F)(F)F)c1ccc(F)c(Cl)c1. The lowest BCUT2D eigenvalue weighted by Crippen LogP contribution is -2.36. The molecule has 2 N–H and O–H groups in total. The predicted octanol–water partition coefficient (Wildman–Crippen LogP) is 2.76. The van der Waals surface area contributed by atoms with E-state index in [9.17, 15) is 22.4 Å². The number of aliphatic carboxylic acids is 1. The highest BCUT2D eigenvalue weighted by molar-refractivity contribution is 6.30. The van der Waals surface area contributed by atoms with E-state index in [1.165, 1.54) is 0 Å². The van der Waals surface area contributed by atoms with Gasteiger partial charge in [-0.05, 0) is 17.7 Å². The van der Waals surface area contributed by atoms with E-state index < -0.39 is 30.5 Å². The molecule has 18 heavy (non-hydrogen) atoms. The highest BCUT2D eigenvalue weighted by Gasteiger charge is 2.30. The minimum atomic E-state index is -4.54. The van der Waals surface area contributed by atoms with Gasteiger partial charge in [0.15, 0.2) is 0 Å². The molecule has 1 aromatic rings. The van der Waals surface area contributed by atoms with Crippen LogP contribution in [0.25, 0.3) is 0 Å². The molecule has 3 nitrogen and oxygen atoms in total. The molecule has 0 bridgehead atoms. The van der Waals surface area contributed by atoms with Crippen LogP contribution in [-0.2, 0) is 4.79 Å². The number of carboxylic acid groups (broad SMARTS) is 1. The van der Waals surface area contributed by atoms with Gasteiger partial charge in [0, 0.05) is 0 Å². The van der Waals surface area contributed by atoms with Gasteiger partial charge in [0.1, 0.15) is 11.9 Å². The minimum Gasteiger partial charge on any atom is -0.480 e. The summed E-state index contributed by atoms with van der Waals surface area (Å²) in [5.74, 6) is -2.29. The summed E-state index contributed by atoms with van der Waals surface area (Å²) < 4.78 is 48.8. The number of benzene rings is 1. The Hall–Kier alpha value is -1.34. The Kier molecular flexibility index (Phi) is 4.53. The molecule has 0 amide bonds. The lowest BCUT2D eigenvalue weighted by atomic mass is 10.1. The maximum Gasteiger partial charge on any atom is 0.401 e.